The van der Waals surface area contributed by atoms with E-state index in [4.69, 9.17) is 9.47 Å². The number of unbranched alkanes of at least 4 members (excludes halogenated alkanes) is 1. The lowest BCUT2D eigenvalue weighted by Crippen LogP contribution is -2.36. The zero-order valence-electron chi connectivity index (χ0n) is 20.8. The lowest BCUT2D eigenvalue weighted by atomic mass is 9.88. The Morgan fingerprint density at radius 1 is 1.11 bits per heavy atom. The van der Waals surface area contributed by atoms with Crippen LogP contribution in [0.1, 0.15) is 51.4 Å². The van der Waals surface area contributed by atoms with Gasteiger partial charge in [-0.3, -0.25) is 9.32 Å². The molecule has 2 aromatic rings. The molecular formula is C25H32N4O7. The highest BCUT2D eigenvalue weighted by Gasteiger charge is 2.48. The number of hydrogen-bond acceptors (Lipinski definition) is 8. The van der Waals surface area contributed by atoms with E-state index in [0.29, 0.717) is 38.8 Å². The monoisotopic (exact) mass is 500 g/mol. The third kappa shape index (κ3) is 5.95. The number of hydrogen-bond donors (Lipinski definition) is 1. The summed E-state index contributed by atoms with van der Waals surface area (Å²) in [7, 11) is 0. The maximum absolute atomic E-state index is 12.5. The molecule has 0 saturated carbocycles. The minimum absolute atomic E-state index is 0.00518. The van der Waals surface area contributed by atoms with E-state index in [1.807, 2.05) is 30.3 Å². The number of benzene rings is 1. The third-order valence-corrected chi connectivity index (χ3v) is 6.42. The number of nitrogens with zero attached hydrogens (tertiary/aromatic N) is 3. The second kappa shape index (κ2) is 10.5. The Kier molecular flexibility index (Phi) is 7.46. The van der Waals surface area contributed by atoms with Crippen LogP contribution in [-0.4, -0.2) is 57.4 Å². The van der Waals surface area contributed by atoms with Crippen molar-refractivity contribution in [3.63, 3.8) is 0 Å². The van der Waals surface area contributed by atoms with Gasteiger partial charge in [0.25, 0.3) is 0 Å². The highest BCUT2D eigenvalue weighted by Crippen LogP contribution is 2.34. The van der Waals surface area contributed by atoms with Gasteiger partial charge in [-0.15, -0.1) is 0 Å². The number of amides is 2. The topological polar surface area (TPSA) is 133 Å². The molecule has 11 nitrogen and oxygen atoms in total. The van der Waals surface area contributed by atoms with Crippen LogP contribution in [0.5, 0.6) is 0 Å². The normalized spacial score (nSPS) is 21.2. The molecule has 0 unspecified atom stereocenters. The highest BCUT2D eigenvalue weighted by atomic mass is 16.6. The lowest BCUT2D eigenvalue weighted by molar-refractivity contribution is -0.123. The molecule has 0 spiro atoms. The van der Waals surface area contributed by atoms with Crippen molar-refractivity contribution >= 4 is 18.1 Å². The van der Waals surface area contributed by atoms with Crippen molar-refractivity contribution in [2.45, 2.75) is 64.7 Å². The number of nitrogens with one attached hydrogen (secondary N) is 1. The van der Waals surface area contributed by atoms with Crippen LogP contribution >= 0.6 is 0 Å². The van der Waals surface area contributed by atoms with E-state index >= 15 is 0 Å². The van der Waals surface area contributed by atoms with Crippen LogP contribution in [0.4, 0.5) is 9.59 Å². The lowest BCUT2D eigenvalue weighted by Gasteiger charge is -2.19. The Bertz CT molecular complexity index is 1150. The summed E-state index contributed by atoms with van der Waals surface area (Å²) in [5.41, 5.74) is 0.154. The molecule has 194 valence electrons. The van der Waals surface area contributed by atoms with Crippen molar-refractivity contribution in [2.24, 2.45) is 11.8 Å². The maximum atomic E-state index is 12.5. The first-order valence-corrected chi connectivity index (χ1v) is 12.2. The van der Waals surface area contributed by atoms with Gasteiger partial charge in [-0.1, -0.05) is 41.9 Å². The van der Waals surface area contributed by atoms with E-state index in [1.54, 1.807) is 25.7 Å². The minimum Gasteiger partial charge on any atom is -0.445 e. The van der Waals surface area contributed by atoms with Crippen molar-refractivity contribution in [1.82, 2.24) is 19.9 Å². The highest BCUT2D eigenvalue weighted by molar-refractivity contribution is 5.82. The molecule has 0 bridgehead atoms. The first kappa shape index (κ1) is 25.5. The number of rotatable bonds is 7. The minimum atomic E-state index is -0.887. The molecule has 0 radical (unpaired) electrons. The number of aryl methyl sites for hydroxylation is 1. The molecule has 2 aliphatic rings. The summed E-state index contributed by atoms with van der Waals surface area (Å²) in [5.74, 6) is -0.894. The first-order chi connectivity index (χ1) is 17.1. The van der Waals surface area contributed by atoms with E-state index in [1.165, 1.54) is 0 Å². The molecule has 2 amide bonds. The standard InChI is InChI=1S/C25H32N4O7/c1-25(2,3)35-23(32)29-20(27-36-24(29)33)12-8-7-11-17-18-13-28(14-19(18)26-21(17)30)22(31)34-15-16-9-5-4-6-10-16/h4-6,9-10,17-19H,7-8,11-15H2,1-3H3,(H,26,30)/t17-,18+,19-/m1/s1. The van der Waals surface area contributed by atoms with E-state index in [0.717, 1.165) is 10.1 Å². The summed E-state index contributed by atoms with van der Waals surface area (Å²) in [4.78, 5) is 51.0. The predicted octanol–water partition coefficient (Wildman–Crippen LogP) is 2.72. The second-order valence-electron chi connectivity index (χ2n) is 10.3. The fourth-order valence-electron chi connectivity index (χ4n) is 4.75. The van der Waals surface area contributed by atoms with Crippen molar-refractivity contribution in [3.8, 4) is 0 Å². The molecule has 1 aromatic carbocycles. The number of carbonyl (C=O) groups excluding carboxylic acids is 3. The van der Waals surface area contributed by atoms with Gasteiger partial charge in [0.05, 0.1) is 6.04 Å². The molecule has 0 aliphatic carbocycles. The number of fused-ring (bicyclic) bond motifs is 1. The molecule has 1 N–H and O–H groups in total. The summed E-state index contributed by atoms with van der Waals surface area (Å²) >= 11 is 0. The molecule has 2 saturated heterocycles. The number of aromatic nitrogens is 2. The summed E-state index contributed by atoms with van der Waals surface area (Å²) in [6.07, 6.45) is 1.01. The van der Waals surface area contributed by atoms with Gasteiger partial charge >= 0.3 is 17.9 Å². The van der Waals surface area contributed by atoms with Crippen LogP contribution in [0.25, 0.3) is 0 Å². The molecule has 1 aromatic heterocycles. The van der Waals surface area contributed by atoms with Gasteiger partial charge < -0.3 is 19.7 Å². The van der Waals surface area contributed by atoms with E-state index < -0.39 is 17.5 Å². The van der Waals surface area contributed by atoms with Crippen LogP contribution in [0.2, 0.25) is 0 Å². The van der Waals surface area contributed by atoms with Crippen molar-refractivity contribution in [1.29, 1.82) is 0 Å². The quantitative estimate of drug-likeness (QED) is 0.574. The van der Waals surface area contributed by atoms with Crippen molar-refractivity contribution in [2.75, 3.05) is 13.1 Å². The maximum Gasteiger partial charge on any atom is 0.451 e. The van der Waals surface area contributed by atoms with Crippen LogP contribution < -0.4 is 11.1 Å². The SMILES string of the molecule is CC(C)(C)OC(=O)n1c(CCCC[C@H]2C(=O)N[C@@H]3CN(C(=O)OCc4ccccc4)C[C@H]32)noc1=O. The fraction of sp³-hybridized carbons (Fsp3) is 0.560. The van der Waals surface area contributed by atoms with E-state index in [-0.39, 0.29) is 42.3 Å². The first-order valence-electron chi connectivity index (χ1n) is 12.2. The summed E-state index contributed by atoms with van der Waals surface area (Å²) in [6.45, 7) is 6.21. The molecule has 4 rings (SSSR count). The van der Waals surface area contributed by atoms with Crippen molar-refractivity contribution in [3.05, 3.63) is 52.3 Å². The molecule has 3 atom stereocenters. The van der Waals surface area contributed by atoms with Gasteiger partial charge in [-0.2, -0.15) is 4.57 Å². The van der Waals surface area contributed by atoms with Crippen molar-refractivity contribution < 1.29 is 28.4 Å². The average Bonchev–Trinajstić information content (AvgIpc) is 3.47. The second-order valence-corrected chi connectivity index (χ2v) is 10.3. The zero-order valence-corrected chi connectivity index (χ0v) is 20.8. The third-order valence-electron chi connectivity index (χ3n) is 6.42. The molecule has 3 heterocycles. The Morgan fingerprint density at radius 2 is 1.86 bits per heavy atom. The molecule has 2 fully saturated rings. The number of carbonyl (C=O) groups is 3. The van der Waals surface area contributed by atoms with Crippen LogP contribution in [-0.2, 0) is 27.3 Å². The van der Waals surface area contributed by atoms with Gasteiger partial charge in [0, 0.05) is 31.3 Å². The van der Waals surface area contributed by atoms with E-state index in [2.05, 4.69) is 15.0 Å². The fourth-order valence-corrected chi connectivity index (χ4v) is 4.75. The van der Waals surface area contributed by atoms with Gasteiger partial charge in [0.15, 0.2) is 5.82 Å². The van der Waals surface area contributed by atoms with Crippen LogP contribution in [0.3, 0.4) is 0 Å². The van der Waals surface area contributed by atoms with Gasteiger partial charge in [0.2, 0.25) is 5.91 Å². The molecule has 36 heavy (non-hydrogen) atoms. The molecule has 11 heteroatoms. The Balaban J connectivity index is 1.26. The average molecular weight is 501 g/mol. The van der Waals surface area contributed by atoms with Gasteiger partial charge in [-0.05, 0) is 39.2 Å². The zero-order chi connectivity index (χ0) is 25.9. The Morgan fingerprint density at radius 3 is 2.58 bits per heavy atom. The summed E-state index contributed by atoms with van der Waals surface area (Å²) in [5, 5.41) is 6.72. The number of ether oxygens (including phenoxy) is 2. The number of likely N-dealkylation sites (tertiary alicyclic amines) is 1. The summed E-state index contributed by atoms with van der Waals surface area (Å²) < 4.78 is 16.2. The largest absolute Gasteiger partial charge is 0.451 e. The van der Waals surface area contributed by atoms with E-state index in [9.17, 15) is 19.2 Å². The molecular weight excluding hydrogens is 468 g/mol. The summed E-state index contributed by atoms with van der Waals surface area (Å²) in [6, 6.07) is 9.40. The molecule has 2 aliphatic heterocycles. The van der Waals surface area contributed by atoms with Gasteiger partial charge in [-0.25, -0.2) is 14.4 Å². The Hall–Kier alpha value is -3.63. The van der Waals surface area contributed by atoms with Gasteiger partial charge in [0.1, 0.15) is 12.2 Å². The Labute approximate surface area is 208 Å². The van der Waals surface area contributed by atoms with Crippen LogP contribution in [0, 0.1) is 11.8 Å². The predicted molar refractivity (Wildman–Crippen MR) is 127 cm³/mol. The smallest absolute Gasteiger partial charge is 0.445 e. The van der Waals surface area contributed by atoms with Crippen LogP contribution in [0.15, 0.2) is 39.6 Å².